The Bertz CT molecular complexity index is 1460. The number of para-hydroxylation sites is 1. The standard InChI is InChI=1S/C25H22FN5O3.ClH/c26-18-4-1-2-5-21(18)30-15-25(34-24(30)33)11-9-16(10-12-25)23-28-19-8-7-17(14-20(19)29-23)31-22(32)6-3-13-27-31;/h1-8,13-14,16H,9-12,15H2,(H,28,29);1H. The lowest BCUT2D eigenvalue weighted by Crippen LogP contribution is -2.38. The molecule has 35 heavy (non-hydrogen) atoms. The van der Waals surface area contributed by atoms with Crippen molar-refractivity contribution in [1.82, 2.24) is 19.7 Å². The van der Waals surface area contributed by atoms with Gasteiger partial charge in [0.2, 0.25) is 0 Å². The summed E-state index contributed by atoms with van der Waals surface area (Å²) in [6, 6.07) is 14.9. The summed E-state index contributed by atoms with van der Waals surface area (Å²) >= 11 is 0. The molecule has 0 atom stereocenters. The predicted molar refractivity (Wildman–Crippen MR) is 131 cm³/mol. The molecule has 2 aromatic heterocycles. The molecule has 0 unspecified atom stereocenters. The lowest BCUT2D eigenvalue weighted by atomic mass is 9.78. The van der Waals surface area contributed by atoms with Crippen LogP contribution < -0.4 is 10.5 Å². The number of rotatable bonds is 3. The summed E-state index contributed by atoms with van der Waals surface area (Å²) < 4.78 is 21.4. The number of carbonyl (C=O) groups excluding carboxylic acids is 1. The van der Waals surface area contributed by atoms with Gasteiger partial charge in [-0.2, -0.15) is 9.78 Å². The second-order valence-electron chi connectivity index (χ2n) is 8.96. The van der Waals surface area contributed by atoms with Crippen LogP contribution in [0, 0.1) is 5.82 Å². The molecule has 6 rings (SSSR count). The average Bonchev–Trinajstić information content (AvgIpc) is 3.40. The number of H-pyrrole nitrogens is 1. The van der Waals surface area contributed by atoms with E-state index in [2.05, 4.69) is 10.1 Å². The number of ether oxygens (including phenoxy) is 1. The molecule has 8 nitrogen and oxygen atoms in total. The van der Waals surface area contributed by atoms with Crippen LogP contribution in [-0.4, -0.2) is 38.0 Å². The van der Waals surface area contributed by atoms with Gasteiger partial charge in [-0.05, 0) is 62.1 Å². The third-order valence-electron chi connectivity index (χ3n) is 6.84. The van der Waals surface area contributed by atoms with Crippen molar-refractivity contribution in [2.45, 2.75) is 37.2 Å². The number of aromatic amines is 1. The van der Waals surface area contributed by atoms with Crippen LogP contribution in [0.2, 0.25) is 0 Å². The van der Waals surface area contributed by atoms with E-state index in [-0.39, 0.29) is 29.6 Å². The van der Waals surface area contributed by atoms with Crippen molar-refractivity contribution in [3.05, 3.63) is 82.8 Å². The lowest BCUT2D eigenvalue weighted by Gasteiger charge is -2.34. The molecule has 10 heteroatoms. The number of nitrogens with zero attached hydrogens (tertiary/aromatic N) is 4. The number of hydrogen-bond donors (Lipinski definition) is 1. The van der Waals surface area contributed by atoms with E-state index in [0.717, 1.165) is 29.7 Å². The van der Waals surface area contributed by atoms with E-state index < -0.39 is 17.5 Å². The van der Waals surface area contributed by atoms with Crippen molar-refractivity contribution < 1.29 is 13.9 Å². The van der Waals surface area contributed by atoms with Gasteiger partial charge in [-0.3, -0.25) is 9.69 Å². The summed E-state index contributed by atoms with van der Waals surface area (Å²) in [5.74, 6) is 0.644. The highest BCUT2D eigenvalue weighted by Crippen LogP contribution is 2.44. The van der Waals surface area contributed by atoms with Crippen molar-refractivity contribution in [2.75, 3.05) is 11.4 Å². The second-order valence-corrected chi connectivity index (χ2v) is 8.96. The van der Waals surface area contributed by atoms with Crippen molar-refractivity contribution in [3.8, 4) is 5.69 Å². The largest absolute Gasteiger partial charge is 0.441 e. The van der Waals surface area contributed by atoms with Gasteiger partial charge < -0.3 is 9.72 Å². The van der Waals surface area contributed by atoms with Crippen molar-refractivity contribution >= 4 is 35.2 Å². The fourth-order valence-corrected chi connectivity index (χ4v) is 5.05. The highest BCUT2D eigenvalue weighted by Gasteiger charge is 2.48. The molecule has 1 aliphatic heterocycles. The van der Waals surface area contributed by atoms with Crippen LogP contribution >= 0.6 is 12.4 Å². The summed E-state index contributed by atoms with van der Waals surface area (Å²) in [7, 11) is 0. The molecule has 1 N–H and O–H groups in total. The van der Waals surface area contributed by atoms with Crippen LogP contribution in [0.3, 0.4) is 0 Å². The van der Waals surface area contributed by atoms with Gasteiger partial charge >= 0.3 is 6.09 Å². The zero-order chi connectivity index (χ0) is 23.3. The quantitative estimate of drug-likeness (QED) is 0.444. The third-order valence-corrected chi connectivity index (χ3v) is 6.84. The zero-order valence-corrected chi connectivity index (χ0v) is 19.5. The highest BCUT2D eigenvalue weighted by molar-refractivity contribution is 5.90. The van der Waals surface area contributed by atoms with Crippen molar-refractivity contribution in [1.29, 1.82) is 0 Å². The Kier molecular flexibility index (Phi) is 5.80. The Morgan fingerprint density at radius 3 is 2.63 bits per heavy atom. The number of aromatic nitrogens is 4. The number of carbonyl (C=O) groups is 1. The molecule has 1 aliphatic carbocycles. The monoisotopic (exact) mass is 495 g/mol. The molecule has 2 aromatic carbocycles. The molecule has 2 fully saturated rings. The van der Waals surface area contributed by atoms with Crippen molar-refractivity contribution in [2.24, 2.45) is 0 Å². The average molecular weight is 496 g/mol. The molecule has 4 aromatic rings. The summed E-state index contributed by atoms with van der Waals surface area (Å²) in [6.07, 6.45) is 4.03. The van der Waals surface area contributed by atoms with Gasteiger partial charge in [0.05, 0.1) is 29.0 Å². The number of amides is 1. The molecule has 3 heterocycles. The van der Waals surface area contributed by atoms with E-state index in [1.54, 1.807) is 30.5 Å². The zero-order valence-electron chi connectivity index (χ0n) is 18.7. The highest BCUT2D eigenvalue weighted by atomic mass is 35.5. The Hall–Kier alpha value is -3.72. The first kappa shape index (κ1) is 23.0. The second kappa shape index (κ2) is 8.81. The first-order valence-corrected chi connectivity index (χ1v) is 11.3. The van der Waals surface area contributed by atoms with Gasteiger partial charge in [0.25, 0.3) is 5.56 Å². The minimum atomic E-state index is -0.602. The summed E-state index contributed by atoms with van der Waals surface area (Å²) in [6.45, 7) is 0.349. The topological polar surface area (TPSA) is 93.1 Å². The normalized spacial score (nSPS) is 21.8. The first-order valence-electron chi connectivity index (χ1n) is 11.3. The Morgan fingerprint density at radius 1 is 1.06 bits per heavy atom. The Morgan fingerprint density at radius 2 is 1.86 bits per heavy atom. The smallest absolute Gasteiger partial charge is 0.415 e. The molecule has 0 bridgehead atoms. The molecule has 180 valence electrons. The molecule has 2 aliphatic rings. The van der Waals surface area contributed by atoms with E-state index >= 15 is 0 Å². The maximum absolute atomic E-state index is 14.2. The number of hydrogen-bond acceptors (Lipinski definition) is 5. The predicted octanol–water partition coefficient (Wildman–Crippen LogP) is 4.72. The van der Waals surface area contributed by atoms with Gasteiger partial charge in [0.15, 0.2) is 0 Å². The fraction of sp³-hybridized carbons (Fsp3) is 0.280. The van der Waals surface area contributed by atoms with Gasteiger partial charge in [-0.1, -0.05) is 12.1 Å². The summed E-state index contributed by atoms with van der Waals surface area (Å²) in [5.41, 5.74) is 1.78. The van der Waals surface area contributed by atoms with Crippen LogP contribution in [0.1, 0.15) is 37.4 Å². The van der Waals surface area contributed by atoms with Gasteiger partial charge in [-0.25, -0.2) is 14.2 Å². The van der Waals surface area contributed by atoms with Crippen LogP contribution in [0.5, 0.6) is 0 Å². The summed E-state index contributed by atoms with van der Waals surface area (Å²) in [5, 5.41) is 4.13. The summed E-state index contributed by atoms with van der Waals surface area (Å²) in [4.78, 5) is 34.2. The van der Waals surface area contributed by atoms with Crippen LogP contribution in [0.4, 0.5) is 14.9 Å². The van der Waals surface area contributed by atoms with Gasteiger partial charge in [-0.15, -0.1) is 12.4 Å². The molecular weight excluding hydrogens is 473 g/mol. The van der Waals surface area contributed by atoms with Gasteiger partial charge in [0.1, 0.15) is 17.2 Å². The number of imidazole rings is 1. The minimum absolute atomic E-state index is 0. The SMILES string of the molecule is Cl.O=C1OC2(CCC(c3nc4ccc(-n5ncccc5=O)cc4[nH]3)CC2)CN1c1ccccc1F. The maximum Gasteiger partial charge on any atom is 0.415 e. The third kappa shape index (κ3) is 4.05. The Labute approximate surface area is 206 Å². The van der Waals surface area contributed by atoms with E-state index in [9.17, 15) is 14.0 Å². The molecular formula is C25H23ClFN5O3. The van der Waals surface area contributed by atoms with Crippen LogP contribution in [0.25, 0.3) is 16.7 Å². The number of benzene rings is 2. The number of fused-ring (bicyclic) bond motifs is 1. The lowest BCUT2D eigenvalue weighted by molar-refractivity contribution is 0.0208. The molecule has 1 amide bonds. The molecule has 1 saturated carbocycles. The van der Waals surface area contributed by atoms with Gasteiger partial charge in [0, 0.05) is 18.2 Å². The van der Waals surface area contributed by atoms with E-state index in [0.29, 0.717) is 25.1 Å². The molecule has 0 radical (unpaired) electrons. The maximum atomic E-state index is 14.2. The minimum Gasteiger partial charge on any atom is -0.441 e. The van der Waals surface area contributed by atoms with Crippen molar-refractivity contribution in [3.63, 3.8) is 0 Å². The van der Waals surface area contributed by atoms with E-state index in [1.165, 1.54) is 21.7 Å². The molecule has 1 saturated heterocycles. The molecule has 1 spiro atoms. The van der Waals surface area contributed by atoms with Crippen LogP contribution in [-0.2, 0) is 4.74 Å². The first-order chi connectivity index (χ1) is 16.5. The number of halogens is 2. The van der Waals surface area contributed by atoms with E-state index in [1.807, 2.05) is 18.2 Å². The fourth-order valence-electron chi connectivity index (χ4n) is 5.05. The Balaban J connectivity index is 0.00000253. The van der Waals surface area contributed by atoms with E-state index in [4.69, 9.17) is 9.72 Å². The number of anilines is 1. The van der Waals surface area contributed by atoms with Crippen LogP contribution in [0.15, 0.2) is 65.6 Å². The number of nitrogens with one attached hydrogen (secondary N) is 1.